The molecule has 0 saturated heterocycles. The summed E-state index contributed by atoms with van der Waals surface area (Å²) < 4.78 is 39.4. The molecule has 0 saturated carbocycles. The summed E-state index contributed by atoms with van der Waals surface area (Å²) in [5.41, 5.74) is 0.959. The largest absolute Gasteiger partial charge is 0.361 e. The highest BCUT2D eigenvalue weighted by molar-refractivity contribution is 7.90. The number of amides is 1. The molecule has 0 aliphatic heterocycles. The topological polar surface area (TPSA) is 96.8 Å². The van der Waals surface area contributed by atoms with Gasteiger partial charge in [-0.2, -0.15) is 0 Å². The minimum absolute atomic E-state index is 0.109. The second kappa shape index (κ2) is 6.36. The smallest absolute Gasteiger partial charge is 0.267 e. The standard InChI is InChI=1S/C18H13FN4O3S/c19-14-1-4-17(21-10-14)22-18(24)13-6-8-23(11-13)27(25,26)15-2-3-16-12(9-15)5-7-20-16/h1-11,20H,(H,21,22,24). The third kappa shape index (κ3) is 3.20. The number of nitrogens with zero attached hydrogens (tertiary/aromatic N) is 2. The predicted molar refractivity (Wildman–Crippen MR) is 97.5 cm³/mol. The van der Waals surface area contributed by atoms with Crippen molar-refractivity contribution in [1.29, 1.82) is 0 Å². The summed E-state index contributed by atoms with van der Waals surface area (Å²) in [5.74, 6) is -0.913. The van der Waals surface area contributed by atoms with Crippen molar-refractivity contribution >= 4 is 32.7 Å². The summed E-state index contributed by atoms with van der Waals surface area (Å²) in [4.78, 5) is 19.1. The Hall–Kier alpha value is -3.46. The van der Waals surface area contributed by atoms with E-state index in [0.29, 0.717) is 0 Å². The van der Waals surface area contributed by atoms with Gasteiger partial charge in [0.25, 0.3) is 15.9 Å². The zero-order chi connectivity index (χ0) is 19.0. The van der Waals surface area contributed by atoms with Crippen LogP contribution < -0.4 is 5.32 Å². The molecule has 0 radical (unpaired) electrons. The van der Waals surface area contributed by atoms with Gasteiger partial charge < -0.3 is 10.3 Å². The Morgan fingerprint density at radius 2 is 2.00 bits per heavy atom. The molecular formula is C18H13FN4O3S. The van der Waals surface area contributed by atoms with E-state index >= 15 is 0 Å². The van der Waals surface area contributed by atoms with Gasteiger partial charge in [0.15, 0.2) is 0 Å². The quantitative estimate of drug-likeness (QED) is 0.565. The van der Waals surface area contributed by atoms with Gasteiger partial charge in [-0.15, -0.1) is 0 Å². The van der Waals surface area contributed by atoms with Gasteiger partial charge in [-0.1, -0.05) is 0 Å². The highest BCUT2D eigenvalue weighted by atomic mass is 32.2. The van der Waals surface area contributed by atoms with Gasteiger partial charge in [0.1, 0.15) is 11.6 Å². The fraction of sp³-hybridized carbons (Fsp3) is 0. The molecule has 1 aromatic carbocycles. The molecule has 27 heavy (non-hydrogen) atoms. The van der Waals surface area contributed by atoms with Crippen LogP contribution in [0.5, 0.6) is 0 Å². The Kier molecular flexibility index (Phi) is 4.00. The molecule has 4 aromatic rings. The second-order valence-electron chi connectivity index (χ2n) is 5.78. The van der Waals surface area contributed by atoms with Gasteiger partial charge >= 0.3 is 0 Å². The van der Waals surface area contributed by atoms with Crippen LogP contribution in [0.3, 0.4) is 0 Å². The van der Waals surface area contributed by atoms with Crippen molar-refractivity contribution in [3.8, 4) is 0 Å². The van der Waals surface area contributed by atoms with E-state index in [1.807, 2.05) is 0 Å². The highest BCUT2D eigenvalue weighted by Crippen LogP contribution is 2.21. The summed E-state index contributed by atoms with van der Waals surface area (Å²) in [5, 5.41) is 3.25. The van der Waals surface area contributed by atoms with Crippen LogP contribution in [0.4, 0.5) is 10.2 Å². The van der Waals surface area contributed by atoms with E-state index in [1.165, 1.54) is 30.6 Å². The van der Waals surface area contributed by atoms with Crippen molar-refractivity contribution in [3.05, 3.63) is 78.6 Å². The van der Waals surface area contributed by atoms with Gasteiger partial charge in [0, 0.05) is 29.5 Å². The van der Waals surface area contributed by atoms with E-state index in [4.69, 9.17) is 0 Å². The fourth-order valence-electron chi connectivity index (χ4n) is 2.61. The first-order valence-corrected chi connectivity index (χ1v) is 9.31. The van der Waals surface area contributed by atoms with Crippen molar-refractivity contribution < 1.29 is 17.6 Å². The Bertz CT molecular complexity index is 1240. The molecule has 1 amide bonds. The Labute approximate surface area is 153 Å². The number of rotatable bonds is 4. The van der Waals surface area contributed by atoms with Crippen molar-refractivity contribution in [2.75, 3.05) is 5.32 Å². The third-order valence-corrected chi connectivity index (χ3v) is 5.63. The summed E-state index contributed by atoms with van der Waals surface area (Å²) in [7, 11) is -3.84. The molecule has 9 heteroatoms. The number of H-pyrrole nitrogens is 1. The molecule has 0 unspecified atom stereocenters. The van der Waals surface area contributed by atoms with Crippen LogP contribution in [0.25, 0.3) is 10.9 Å². The van der Waals surface area contributed by atoms with E-state index in [9.17, 15) is 17.6 Å². The monoisotopic (exact) mass is 384 g/mol. The second-order valence-corrected chi connectivity index (χ2v) is 7.62. The van der Waals surface area contributed by atoms with E-state index in [-0.39, 0.29) is 16.3 Å². The van der Waals surface area contributed by atoms with Crippen LogP contribution in [0.1, 0.15) is 10.4 Å². The summed E-state index contributed by atoms with van der Waals surface area (Å²) in [6, 6.07) is 10.4. The minimum atomic E-state index is -3.84. The lowest BCUT2D eigenvalue weighted by Crippen LogP contribution is -2.14. The molecule has 136 valence electrons. The van der Waals surface area contributed by atoms with Gasteiger partial charge in [0.2, 0.25) is 0 Å². The first-order chi connectivity index (χ1) is 12.9. The molecule has 0 aliphatic carbocycles. The molecule has 7 nitrogen and oxygen atoms in total. The Balaban J connectivity index is 1.60. The normalized spacial score (nSPS) is 11.6. The molecule has 0 bridgehead atoms. The lowest BCUT2D eigenvalue weighted by Gasteiger charge is -2.06. The number of hydrogen-bond acceptors (Lipinski definition) is 4. The SMILES string of the molecule is O=C(Nc1ccc(F)cn1)c1ccn(S(=O)(=O)c2ccc3[nH]ccc3c2)c1. The number of aromatic nitrogens is 3. The van der Waals surface area contributed by atoms with Gasteiger partial charge in [-0.05, 0) is 42.5 Å². The number of fused-ring (bicyclic) bond motifs is 1. The third-order valence-electron chi connectivity index (χ3n) is 4.00. The van der Waals surface area contributed by atoms with Crippen LogP contribution in [-0.2, 0) is 10.0 Å². The average molecular weight is 384 g/mol. The number of carbonyl (C=O) groups excluding carboxylic acids is 1. The predicted octanol–water partition coefficient (Wildman–Crippen LogP) is 2.99. The zero-order valence-corrected chi connectivity index (χ0v) is 14.6. The number of aromatic amines is 1. The van der Waals surface area contributed by atoms with Gasteiger partial charge in [-0.3, -0.25) is 4.79 Å². The van der Waals surface area contributed by atoms with Crippen LogP contribution in [0.15, 0.2) is 72.1 Å². The Morgan fingerprint density at radius 1 is 1.15 bits per heavy atom. The Morgan fingerprint density at radius 3 is 2.78 bits per heavy atom. The van der Waals surface area contributed by atoms with Crippen molar-refractivity contribution in [2.24, 2.45) is 0 Å². The lowest BCUT2D eigenvalue weighted by atomic mass is 10.2. The summed E-state index contributed by atoms with van der Waals surface area (Å²) >= 11 is 0. The summed E-state index contributed by atoms with van der Waals surface area (Å²) in [6.45, 7) is 0. The number of carbonyl (C=O) groups is 1. The molecule has 4 rings (SSSR count). The van der Waals surface area contributed by atoms with E-state index in [0.717, 1.165) is 27.1 Å². The molecule has 0 spiro atoms. The number of pyridine rings is 1. The van der Waals surface area contributed by atoms with Gasteiger partial charge in [-0.25, -0.2) is 21.8 Å². The molecular weight excluding hydrogens is 371 g/mol. The number of benzene rings is 1. The van der Waals surface area contributed by atoms with Crippen molar-refractivity contribution in [1.82, 2.24) is 13.9 Å². The molecule has 0 atom stereocenters. The lowest BCUT2D eigenvalue weighted by molar-refractivity contribution is 0.102. The number of hydrogen-bond donors (Lipinski definition) is 2. The van der Waals surface area contributed by atoms with E-state index in [1.54, 1.807) is 24.4 Å². The zero-order valence-electron chi connectivity index (χ0n) is 13.8. The minimum Gasteiger partial charge on any atom is -0.361 e. The number of halogens is 1. The maximum absolute atomic E-state index is 12.9. The average Bonchev–Trinajstić information content (AvgIpc) is 3.32. The van der Waals surface area contributed by atoms with E-state index < -0.39 is 21.7 Å². The van der Waals surface area contributed by atoms with Crippen LogP contribution in [0, 0.1) is 5.82 Å². The maximum Gasteiger partial charge on any atom is 0.267 e. The number of anilines is 1. The van der Waals surface area contributed by atoms with Crippen molar-refractivity contribution in [3.63, 3.8) is 0 Å². The fourth-order valence-corrected chi connectivity index (χ4v) is 3.85. The summed E-state index contributed by atoms with van der Waals surface area (Å²) in [6.07, 6.45) is 5.21. The molecule has 2 N–H and O–H groups in total. The molecule has 3 aromatic heterocycles. The maximum atomic E-state index is 12.9. The van der Waals surface area contributed by atoms with Gasteiger partial charge in [0.05, 0.1) is 16.7 Å². The van der Waals surface area contributed by atoms with E-state index in [2.05, 4.69) is 15.3 Å². The first-order valence-electron chi connectivity index (χ1n) is 7.87. The van der Waals surface area contributed by atoms with Crippen molar-refractivity contribution in [2.45, 2.75) is 4.90 Å². The van der Waals surface area contributed by atoms with Crippen LogP contribution >= 0.6 is 0 Å². The van der Waals surface area contributed by atoms with Crippen LogP contribution in [-0.4, -0.2) is 28.3 Å². The molecule has 3 heterocycles. The molecule has 0 aliphatic rings. The first kappa shape index (κ1) is 17.0. The number of nitrogens with one attached hydrogen (secondary N) is 2. The molecule has 0 fully saturated rings. The highest BCUT2D eigenvalue weighted by Gasteiger charge is 2.19. The van der Waals surface area contributed by atoms with Crippen LogP contribution in [0.2, 0.25) is 0 Å².